The Labute approximate surface area is 189 Å². The Balaban J connectivity index is 1.65. The molecular formula is C24H23FN4O2S. The molecule has 32 heavy (non-hydrogen) atoms. The third kappa shape index (κ3) is 4.75. The average molecular weight is 451 g/mol. The number of nitrogens with zero attached hydrogens (tertiary/aromatic N) is 3. The first kappa shape index (κ1) is 21.8. The predicted octanol–water partition coefficient (Wildman–Crippen LogP) is 5.46. The second-order valence-corrected chi connectivity index (χ2v) is 8.14. The molecule has 1 atom stereocenters. The molecule has 1 N–H and O–H groups in total. The van der Waals surface area contributed by atoms with Crippen LogP contribution in [0.4, 0.5) is 10.1 Å². The highest BCUT2D eigenvalue weighted by atomic mass is 32.2. The fourth-order valence-electron chi connectivity index (χ4n) is 3.51. The molecule has 0 radical (unpaired) electrons. The highest BCUT2D eigenvalue weighted by molar-refractivity contribution is 7.98. The Morgan fingerprint density at radius 2 is 2.06 bits per heavy atom. The van der Waals surface area contributed by atoms with Crippen LogP contribution in [0, 0.1) is 5.82 Å². The van der Waals surface area contributed by atoms with E-state index in [9.17, 15) is 9.18 Å². The molecule has 8 heteroatoms. The summed E-state index contributed by atoms with van der Waals surface area (Å²) in [5.41, 5.74) is 3.04. The number of fused-ring (bicyclic) bond motifs is 1. The summed E-state index contributed by atoms with van der Waals surface area (Å²) in [6.45, 7) is 1.96. The lowest BCUT2D eigenvalue weighted by Gasteiger charge is -2.20. The number of hydrogen-bond acceptors (Lipinski definition) is 5. The predicted molar refractivity (Wildman–Crippen MR) is 124 cm³/mol. The standard InChI is InChI=1S/C24H23FN4O2S/c1-3-21(23(30)27-18-8-5-9-19(13-18)31-2)29-22-14-26-11-10-20(22)28-24(29)32-15-16-6-4-7-17(25)12-16/h4-14,21H,3,15H2,1-2H3,(H,27,30)/t21-/m0/s1. The lowest BCUT2D eigenvalue weighted by atomic mass is 10.2. The number of amides is 1. The number of benzene rings is 2. The molecule has 2 aromatic carbocycles. The fraction of sp³-hybridized carbons (Fsp3) is 0.208. The number of hydrogen-bond donors (Lipinski definition) is 1. The quantitative estimate of drug-likeness (QED) is 0.361. The van der Waals surface area contributed by atoms with E-state index in [1.807, 2.05) is 41.8 Å². The van der Waals surface area contributed by atoms with E-state index in [1.165, 1.54) is 23.9 Å². The third-order valence-electron chi connectivity index (χ3n) is 5.05. The fourth-order valence-corrected chi connectivity index (χ4v) is 4.51. The van der Waals surface area contributed by atoms with Crippen molar-refractivity contribution >= 4 is 34.4 Å². The largest absolute Gasteiger partial charge is 0.497 e. The van der Waals surface area contributed by atoms with Gasteiger partial charge in [-0.2, -0.15) is 0 Å². The number of aromatic nitrogens is 3. The molecule has 0 aliphatic carbocycles. The van der Waals surface area contributed by atoms with Crippen molar-refractivity contribution in [1.29, 1.82) is 0 Å². The van der Waals surface area contributed by atoms with Crippen LogP contribution in [0.15, 0.2) is 72.1 Å². The summed E-state index contributed by atoms with van der Waals surface area (Å²) in [4.78, 5) is 22.2. The van der Waals surface area contributed by atoms with E-state index in [-0.39, 0.29) is 11.7 Å². The van der Waals surface area contributed by atoms with Gasteiger partial charge in [-0.15, -0.1) is 0 Å². The van der Waals surface area contributed by atoms with Crippen LogP contribution in [-0.4, -0.2) is 27.6 Å². The highest BCUT2D eigenvalue weighted by Gasteiger charge is 2.25. The van der Waals surface area contributed by atoms with Crippen molar-refractivity contribution < 1.29 is 13.9 Å². The molecule has 0 saturated heterocycles. The maximum atomic E-state index is 13.6. The molecule has 4 rings (SSSR count). The first-order valence-corrected chi connectivity index (χ1v) is 11.2. The molecular weight excluding hydrogens is 427 g/mol. The molecule has 0 aliphatic rings. The number of rotatable bonds is 8. The molecule has 2 aromatic heterocycles. The minimum atomic E-state index is -0.495. The Morgan fingerprint density at radius 1 is 1.22 bits per heavy atom. The van der Waals surface area contributed by atoms with Crippen molar-refractivity contribution in [3.63, 3.8) is 0 Å². The number of carbonyl (C=O) groups is 1. The van der Waals surface area contributed by atoms with Gasteiger partial charge in [0.1, 0.15) is 17.6 Å². The molecule has 0 fully saturated rings. The van der Waals surface area contributed by atoms with Crippen LogP contribution in [0.5, 0.6) is 5.75 Å². The molecule has 4 aromatic rings. The van der Waals surface area contributed by atoms with Gasteiger partial charge in [-0.1, -0.05) is 36.9 Å². The van der Waals surface area contributed by atoms with Crippen molar-refractivity contribution in [2.75, 3.05) is 12.4 Å². The van der Waals surface area contributed by atoms with Crippen molar-refractivity contribution in [2.45, 2.75) is 30.3 Å². The van der Waals surface area contributed by atoms with E-state index >= 15 is 0 Å². The number of thioether (sulfide) groups is 1. The first-order chi connectivity index (χ1) is 15.6. The molecule has 0 spiro atoms. The van der Waals surface area contributed by atoms with E-state index in [2.05, 4.69) is 10.3 Å². The SMILES string of the molecule is CC[C@@H](C(=O)Nc1cccc(OC)c1)n1c(SCc2cccc(F)c2)nc2ccncc21. The first-order valence-electron chi connectivity index (χ1n) is 10.2. The van der Waals surface area contributed by atoms with Crippen molar-refractivity contribution in [1.82, 2.24) is 14.5 Å². The number of imidazole rings is 1. The summed E-state index contributed by atoms with van der Waals surface area (Å²) in [5.74, 6) is 0.767. The van der Waals surface area contributed by atoms with Crippen LogP contribution in [0.25, 0.3) is 11.0 Å². The van der Waals surface area contributed by atoms with Gasteiger partial charge in [0, 0.05) is 23.7 Å². The van der Waals surface area contributed by atoms with Gasteiger partial charge in [0.15, 0.2) is 5.16 Å². The number of methoxy groups -OCH3 is 1. The van der Waals surface area contributed by atoms with Crippen LogP contribution in [0.2, 0.25) is 0 Å². The average Bonchev–Trinajstić information content (AvgIpc) is 3.17. The topological polar surface area (TPSA) is 69.0 Å². The van der Waals surface area contributed by atoms with Crippen LogP contribution >= 0.6 is 11.8 Å². The molecule has 0 bridgehead atoms. The van der Waals surface area contributed by atoms with Gasteiger partial charge < -0.3 is 14.6 Å². The summed E-state index contributed by atoms with van der Waals surface area (Å²) in [6, 6.07) is 15.1. The summed E-state index contributed by atoms with van der Waals surface area (Å²) in [6.07, 6.45) is 3.96. The minimum absolute atomic E-state index is 0.156. The lowest BCUT2D eigenvalue weighted by molar-refractivity contribution is -0.119. The molecule has 1 amide bonds. The second-order valence-electron chi connectivity index (χ2n) is 7.19. The zero-order valence-electron chi connectivity index (χ0n) is 17.8. The van der Waals surface area contributed by atoms with Crippen LogP contribution < -0.4 is 10.1 Å². The second kappa shape index (κ2) is 9.82. The number of carbonyl (C=O) groups excluding carboxylic acids is 1. The third-order valence-corrected chi connectivity index (χ3v) is 6.08. The van der Waals surface area contributed by atoms with Gasteiger partial charge in [-0.25, -0.2) is 9.37 Å². The summed E-state index contributed by atoms with van der Waals surface area (Å²) >= 11 is 1.47. The maximum Gasteiger partial charge on any atom is 0.247 e. The van der Waals surface area contributed by atoms with Gasteiger partial charge in [-0.3, -0.25) is 9.78 Å². The Hall–Kier alpha value is -3.39. The maximum absolute atomic E-state index is 13.6. The van der Waals surface area contributed by atoms with Gasteiger partial charge >= 0.3 is 0 Å². The van der Waals surface area contributed by atoms with E-state index in [1.54, 1.807) is 31.6 Å². The summed E-state index contributed by atoms with van der Waals surface area (Å²) < 4.78 is 20.8. The monoisotopic (exact) mass is 450 g/mol. The summed E-state index contributed by atoms with van der Waals surface area (Å²) in [5, 5.41) is 3.67. The van der Waals surface area contributed by atoms with Gasteiger partial charge in [0.05, 0.1) is 24.3 Å². The molecule has 164 valence electrons. The van der Waals surface area contributed by atoms with Crippen LogP contribution in [0.1, 0.15) is 24.9 Å². The van der Waals surface area contributed by atoms with E-state index in [4.69, 9.17) is 9.72 Å². The Kier molecular flexibility index (Phi) is 6.70. The zero-order valence-corrected chi connectivity index (χ0v) is 18.6. The Morgan fingerprint density at radius 3 is 2.84 bits per heavy atom. The molecule has 2 heterocycles. The molecule has 0 unspecified atom stereocenters. The van der Waals surface area contributed by atoms with Gasteiger partial charge in [0.25, 0.3) is 0 Å². The van der Waals surface area contributed by atoms with Crippen LogP contribution in [0.3, 0.4) is 0 Å². The lowest BCUT2D eigenvalue weighted by Crippen LogP contribution is -2.26. The summed E-state index contributed by atoms with van der Waals surface area (Å²) in [7, 11) is 1.59. The number of pyridine rings is 1. The highest BCUT2D eigenvalue weighted by Crippen LogP contribution is 2.32. The van der Waals surface area contributed by atoms with Crippen molar-refractivity contribution in [2.24, 2.45) is 0 Å². The number of ether oxygens (including phenoxy) is 1. The van der Waals surface area contributed by atoms with Crippen molar-refractivity contribution in [3.05, 3.63) is 78.4 Å². The van der Waals surface area contributed by atoms with Crippen molar-refractivity contribution in [3.8, 4) is 5.75 Å². The number of anilines is 1. The molecule has 0 saturated carbocycles. The minimum Gasteiger partial charge on any atom is -0.497 e. The number of halogens is 1. The van der Waals surface area contributed by atoms with E-state index in [0.717, 1.165) is 16.6 Å². The van der Waals surface area contributed by atoms with E-state index in [0.29, 0.717) is 28.8 Å². The molecule has 0 aliphatic heterocycles. The normalized spacial score (nSPS) is 12.0. The van der Waals surface area contributed by atoms with Gasteiger partial charge in [0.2, 0.25) is 5.91 Å². The zero-order chi connectivity index (χ0) is 22.5. The van der Waals surface area contributed by atoms with E-state index < -0.39 is 6.04 Å². The molecule has 6 nitrogen and oxygen atoms in total. The van der Waals surface area contributed by atoms with Crippen LogP contribution in [-0.2, 0) is 10.5 Å². The smallest absolute Gasteiger partial charge is 0.247 e. The van der Waals surface area contributed by atoms with Gasteiger partial charge in [-0.05, 0) is 42.3 Å². The Bertz CT molecular complexity index is 1240. The number of nitrogens with one attached hydrogen (secondary N) is 1.